The number of ether oxygens (including phenoxy) is 2. The predicted octanol–water partition coefficient (Wildman–Crippen LogP) is 1.15. The molecule has 0 radical (unpaired) electrons. The lowest BCUT2D eigenvalue weighted by Crippen LogP contribution is -2.53. The summed E-state index contributed by atoms with van der Waals surface area (Å²) in [5.74, 6) is -0.267. The van der Waals surface area contributed by atoms with Crippen LogP contribution in [0.15, 0.2) is 59.5 Å². The van der Waals surface area contributed by atoms with E-state index in [0.29, 0.717) is 11.5 Å². The molecule has 0 atom stereocenters. The summed E-state index contributed by atoms with van der Waals surface area (Å²) in [5.41, 5.74) is 0. The Morgan fingerprint density at radius 1 is 0.960 bits per heavy atom. The predicted molar refractivity (Wildman–Crippen MR) is 89.1 cm³/mol. The topological polar surface area (TPSA) is 110 Å². The van der Waals surface area contributed by atoms with Crippen LogP contribution in [-0.4, -0.2) is 49.7 Å². The Hall–Kier alpha value is -2.42. The first kappa shape index (κ1) is 18.9. The van der Waals surface area contributed by atoms with E-state index < -0.39 is 33.8 Å². The highest BCUT2D eigenvalue weighted by Gasteiger charge is 2.52. The smallest absolute Gasteiger partial charge is 0.332 e. The normalized spacial score (nSPS) is 11.8. The monoisotopic (exact) mass is 366 g/mol. The lowest BCUT2D eigenvalue weighted by molar-refractivity contribution is -0.146. The number of sulfone groups is 1. The highest BCUT2D eigenvalue weighted by molar-refractivity contribution is 7.93. The summed E-state index contributed by atoms with van der Waals surface area (Å²) < 4.78 is 33.0. The molecule has 0 spiro atoms. The average Bonchev–Trinajstić information content (AvgIpc) is 2.64. The lowest BCUT2D eigenvalue weighted by atomic mass is 10.2. The van der Waals surface area contributed by atoms with Gasteiger partial charge >= 0.3 is 5.97 Å². The van der Waals surface area contributed by atoms with E-state index in [9.17, 15) is 23.4 Å². The van der Waals surface area contributed by atoms with Crippen LogP contribution in [0.5, 0.6) is 11.5 Å². The molecule has 2 aromatic rings. The van der Waals surface area contributed by atoms with Crippen molar-refractivity contribution in [3.8, 4) is 11.5 Å². The SMILES string of the molecule is COC(=O)C(CO)(CO)S(=O)(=O)c1ccc(Oc2ccccc2)cc1. The molecule has 25 heavy (non-hydrogen) atoms. The van der Waals surface area contributed by atoms with E-state index in [1.807, 2.05) is 6.07 Å². The van der Waals surface area contributed by atoms with Crippen molar-refractivity contribution in [2.75, 3.05) is 20.3 Å². The molecule has 0 heterocycles. The van der Waals surface area contributed by atoms with Gasteiger partial charge < -0.3 is 19.7 Å². The Morgan fingerprint density at radius 3 is 1.96 bits per heavy atom. The second-order valence-electron chi connectivity index (χ2n) is 5.19. The fourth-order valence-corrected chi connectivity index (χ4v) is 3.77. The number of aliphatic hydroxyl groups excluding tert-OH is 2. The van der Waals surface area contributed by atoms with E-state index in [0.717, 1.165) is 7.11 Å². The van der Waals surface area contributed by atoms with Crippen molar-refractivity contribution >= 4 is 15.8 Å². The standard InChI is InChI=1S/C17H18O7S/c1-23-16(20)17(11-18,12-19)25(21,22)15-9-7-14(8-10-15)24-13-5-3-2-4-6-13/h2-10,18-19H,11-12H2,1H3. The first-order valence-corrected chi connectivity index (χ1v) is 8.77. The number of methoxy groups -OCH3 is 1. The summed E-state index contributed by atoms with van der Waals surface area (Å²) in [6.07, 6.45) is 0. The van der Waals surface area contributed by atoms with Gasteiger partial charge in [0, 0.05) is 0 Å². The van der Waals surface area contributed by atoms with Gasteiger partial charge in [-0.1, -0.05) is 18.2 Å². The van der Waals surface area contributed by atoms with Crippen LogP contribution in [0.3, 0.4) is 0 Å². The second-order valence-corrected chi connectivity index (χ2v) is 7.45. The summed E-state index contributed by atoms with van der Waals surface area (Å²) in [5, 5.41) is 18.9. The number of rotatable bonds is 7. The molecule has 0 aliphatic heterocycles. The Labute approximate surface area is 145 Å². The number of hydrogen-bond donors (Lipinski definition) is 2. The highest BCUT2D eigenvalue weighted by Crippen LogP contribution is 2.29. The van der Waals surface area contributed by atoms with Gasteiger partial charge in [0.2, 0.25) is 4.75 Å². The van der Waals surface area contributed by atoms with Crippen LogP contribution in [0.2, 0.25) is 0 Å². The van der Waals surface area contributed by atoms with E-state index in [2.05, 4.69) is 4.74 Å². The van der Waals surface area contributed by atoms with E-state index in [4.69, 9.17) is 4.74 Å². The Kier molecular flexibility index (Phi) is 5.78. The maximum atomic E-state index is 12.7. The molecule has 0 aliphatic carbocycles. The first-order valence-electron chi connectivity index (χ1n) is 7.29. The molecule has 2 N–H and O–H groups in total. The molecule has 7 nitrogen and oxygen atoms in total. The summed E-state index contributed by atoms with van der Waals surface area (Å²) in [6.45, 7) is -2.22. The number of hydrogen-bond acceptors (Lipinski definition) is 7. The number of esters is 1. The number of aliphatic hydroxyl groups is 2. The van der Waals surface area contributed by atoms with Crippen LogP contribution >= 0.6 is 0 Å². The molecule has 0 saturated heterocycles. The van der Waals surface area contributed by atoms with Crippen molar-refractivity contribution in [1.29, 1.82) is 0 Å². The van der Waals surface area contributed by atoms with Crippen molar-refractivity contribution in [2.24, 2.45) is 0 Å². The van der Waals surface area contributed by atoms with Gasteiger partial charge in [0.15, 0.2) is 9.84 Å². The number of benzene rings is 2. The number of para-hydroxylation sites is 1. The third kappa shape index (κ3) is 3.51. The molecule has 0 bridgehead atoms. The minimum atomic E-state index is -4.39. The third-order valence-electron chi connectivity index (χ3n) is 3.70. The molecule has 0 saturated carbocycles. The third-order valence-corrected chi connectivity index (χ3v) is 6.04. The molecule has 0 unspecified atom stereocenters. The molecule has 0 aliphatic rings. The van der Waals surface area contributed by atoms with Crippen LogP contribution in [0.4, 0.5) is 0 Å². The zero-order valence-electron chi connectivity index (χ0n) is 13.5. The van der Waals surface area contributed by atoms with E-state index >= 15 is 0 Å². The van der Waals surface area contributed by atoms with Crippen LogP contribution in [0.25, 0.3) is 0 Å². The minimum Gasteiger partial charge on any atom is -0.468 e. The number of carbonyl (C=O) groups is 1. The fraction of sp³-hybridized carbons (Fsp3) is 0.235. The van der Waals surface area contributed by atoms with Crippen LogP contribution in [0.1, 0.15) is 0 Å². The summed E-state index contributed by atoms with van der Waals surface area (Å²) in [6, 6.07) is 14.2. The van der Waals surface area contributed by atoms with Crippen molar-refractivity contribution in [2.45, 2.75) is 9.64 Å². The van der Waals surface area contributed by atoms with Gasteiger partial charge in [-0.05, 0) is 36.4 Å². The van der Waals surface area contributed by atoms with Gasteiger partial charge in [-0.15, -0.1) is 0 Å². The summed E-state index contributed by atoms with van der Waals surface area (Å²) in [7, 11) is -3.41. The molecule has 2 aromatic carbocycles. The van der Waals surface area contributed by atoms with Gasteiger partial charge in [0.25, 0.3) is 0 Å². The second kappa shape index (κ2) is 7.64. The Balaban J connectivity index is 2.35. The van der Waals surface area contributed by atoms with Crippen LogP contribution in [0, 0.1) is 0 Å². The van der Waals surface area contributed by atoms with Crippen molar-refractivity contribution in [1.82, 2.24) is 0 Å². The van der Waals surface area contributed by atoms with Crippen molar-refractivity contribution < 1.29 is 32.9 Å². The Bertz CT molecular complexity index is 810. The lowest BCUT2D eigenvalue weighted by Gasteiger charge is -2.26. The quantitative estimate of drug-likeness (QED) is 0.707. The van der Waals surface area contributed by atoms with Crippen LogP contribution < -0.4 is 4.74 Å². The largest absolute Gasteiger partial charge is 0.468 e. The number of carbonyl (C=O) groups excluding carboxylic acids is 1. The van der Waals surface area contributed by atoms with Gasteiger partial charge in [-0.3, -0.25) is 4.79 Å². The summed E-state index contributed by atoms with van der Waals surface area (Å²) >= 11 is 0. The maximum Gasteiger partial charge on any atom is 0.332 e. The van der Waals surface area contributed by atoms with Gasteiger partial charge in [0.05, 0.1) is 25.2 Å². The molecule has 0 amide bonds. The van der Waals surface area contributed by atoms with E-state index in [1.165, 1.54) is 24.3 Å². The summed E-state index contributed by atoms with van der Waals surface area (Å²) in [4.78, 5) is 11.6. The van der Waals surface area contributed by atoms with Crippen LogP contribution in [-0.2, 0) is 19.4 Å². The zero-order valence-corrected chi connectivity index (χ0v) is 14.3. The molecule has 134 valence electrons. The van der Waals surface area contributed by atoms with Gasteiger partial charge in [-0.2, -0.15) is 0 Å². The maximum absolute atomic E-state index is 12.7. The molecule has 0 aromatic heterocycles. The van der Waals surface area contributed by atoms with Crippen molar-refractivity contribution in [3.05, 3.63) is 54.6 Å². The molecule has 8 heteroatoms. The molecular weight excluding hydrogens is 348 g/mol. The molecule has 0 fully saturated rings. The average molecular weight is 366 g/mol. The zero-order chi connectivity index (χ0) is 18.5. The fourth-order valence-electron chi connectivity index (χ4n) is 2.18. The van der Waals surface area contributed by atoms with Gasteiger partial charge in [-0.25, -0.2) is 8.42 Å². The van der Waals surface area contributed by atoms with Crippen molar-refractivity contribution in [3.63, 3.8) is 0 Å². The first-order chi connectivity index (χ1) is 11.9. The minimum absolute atomic E-state index is 0.249. The van der Waals surface area contributed by atoms with E-state index in [1.54, 1.807) is 24.3 Å². The molecular formula is C17H18O7S. The molecule has 2 rings (SSSR count). The van der Waals surface area contributed by atoms with E-state index in [-0.39, 0.29) is 4.90 Å². The Morgan fingerprint density at radius 2 is 1.48 bits per heavy atom. The van der Waals surface area contributed by atoms with Gasteiger partial charge in [0.1, 0.15) is 11.5 Å². The highest BCUT2D eigenvalue weighted by atomic mass is 32.2.